The Morgan fingerprint density at radius 2 is 2.29 bits per heavy atom. The van der Waals surface area contributed by atoms with Crippen molar-refractivity contribution in [2.45, 2.75) is 18.6 Å². The zero-order valence-electron chi connectivity index (χ0n) is 8.71. The van der Waals surface area contributed by atoms with Crippen molar-refractivity contribution in [1.82, 2.24) is 10.6 Å². The van der Waals surface area contributed by atoms with E-state index in [0.29, 0.717) is 18.9 Å². The van der Waals surface area contributed by atoms with Crippen molar-refractivity contribution in [2.24, 2.45) is 5.92 Å². The highest BCUT2D eigenvalue weighted by atomic mass is 32.2. The molecule has 0 spiro atoms. The molecular formula is C9H18N2O2S. The molecule has 1 amide bonds. The Balaban J connectivity index is 2.10. The Morgan fingerprint density at radius 3 is 2.71 bits per heavy atom. The SMILES string of the molecule is CC(CNC(=O)CC1CNC1)S(C)=O. The van der Waals surface area contributed by atoms with Crippen LogP contribution in [0.15, 0.2) is 0 Å². The standard InChI is InChI=1S/C9H18N2O2S/c1-7(14(2)13)4-11-9(12)3-8-5-10-6-8/h7-8,10H,3-6H2,1-2H3,(H,11,12). The minimum Gasteiger partial charge on any atom is -0.355 e. The van der Waals surface area contributed by atoms with Gasteiger partial charge >= 0.3 is 0 Å². The molecular weight excluding hydrogens is 200 g/mol. The first-order valence-corrected chi connectivity index (χ1v) is 6.51. The highest BCUT2D eigenvalue weighted by Gasteiger charge is 2.20. The van der Waals surface area contributed by atoms with E-state index in [-0.39, 0.29) is 11.2 Å². The van der Waals surface area contributed by atoms with Crippen LogP contribution in [-0.4, -0.2) is 41.3 Å². The third kappa shape index (κ3) is 3.75. The van der Waals surface area contributed by atoms with Crippen molar-refractivity contribution in [2.75, 3.05) is 25.9 Å². The summed E-state index contributed by atoms with van der Waals surface area (Å²) >= 11 is 0. The van der Waals surface area contributed by atoms with E-state index in [1.165, 1.54) is 0 Å². The first-order valence-electron chi connectivity index (χ1n) is 4.89. The molecule has 0 bridgehead atoms. The average molecular weight is 218 g/mol. The number of hydrogen-bond acceptors (Lipinski definition) is 3. The number of nitrogens with one attached hydrogen (secondary N) is 2. The second kappa shape index (κ2) is 5.46. The van der Waals surface area contributed by atoms with Gasteiger partial charge < -0.3 is 10.6 Å². The Kier molecular flexibility index (Phi) is 4.54. The fraction of sp³-hybridized carbons (Fsp3) is 0.889. The molecule has 2 N–H and O–H groups in total. The first-order chi connectivity index (χ1) is 6.59. The van der Waals surface area contributed by atoms with Crippen LogP contribution in [0.3, 0.4) is 0 Å². The third-order valence-corrected chi connectivity index (χ3v) is 3.79. The van der Waals surface area contributed by atoms with Crippen LogP contribution in [0, 0.1) is 5.92 Å². The monoisotopic (exact) mass is 218 g/mol. The number of rotatable bonds is 5. The summed E-state index contributed by atoms with van der Waals surface area (Å²) < 4.78 is 11.0. The summed E-state index contributed by atoms with van der Waals surface area (Å²) in [4.78, 5) is 11.3. The minimum atomic E-state index is -0.854. The second-order valence-electron chi connectivity index (χ2n) is 3.84. The molecule has 1 saturated heterocycles. The lowest BCUT2D eigenvalue weighted by Crippen LogP contribution is -2.45. The van der Waals surface area contributed by atoms with Crippen molar-refractivity contribution in [3.8, 4) is 0 Å². The summed E-state index contributed by atoms with van der Waals surface area (Å²) in [6, 6.07) is 0. The fourth-order valence-electron chi connectivity index (χ4n) is 1.20. The molecule has 1 aliphatic heterocycles. The third-order valence-electron chi connectivity index (χ3n) is 2.49. The molecule has 0 aromatic rings. The van der Waals surface area contributed by atoms with Gasteiger partial charge in [0.1, 0.15) is 0 Å². The Morgan fingerprint density at radius 1 is 1.64 bits per heavy atom. The van der Waals surface area contributed by atoms with Crippen LogP contribution in [0.1, 0.15) is 13.3 Å². The normalized spacial score (nSPS) is 21.0. The van der Waals surface area contributed by atoms with Crippen LogP contribution < -0.4 is 10.6 Å². The molecule has 0 saturated carbocycles. The fourth-order valence-corrected chi connectivity index (χ4v) is 1.52. The predicted molar refractivity (Wildman–Crippen MR) is 57.5 cm³/mol. The van der Waals surface area contributed by atoms with Crippen molar-refractivity contribution < 1.29 is 9.00 Å². The lowest BCUT2D eigenvalue weighted by atomic mass is 9.99. The van der Waals surface area contributed by atoms with Crippen molar-refractivity contribution in [3.05, 3.63) is 0 Å². The van der Waals surface area contributed by atoms with E-state index in [1.807, 2.05) is 6.92 Å². The molecule has 0 aromatic heterocycles. The summed E-state index contributed by atoms with van der Waals surface area (Å²) in [5, 5.41) is 5.96. The summed E-state index contributed by atoms with van der Waals surface area (Å²) in [6.45, 7) is 4.29. The van der Waals surface area contributed by atoms with Gasteiger partial charge in [-0.15, -0.1) is 0 Å². The second-order valence-corrected chi connectivity index (χ2v) is 5.64. The maximum absolute atomic E-state index is 11.3. The van der Waals surface area contributed by atoms with E-state index in [4.69, 9.17) is 0 Å². The van der Waals surface area contributed by atoms with E-state index >= 15 is 0 Å². The van der Waals surface area contributed by atoms with Gasteiger partial charge in [-0.1, -0.05) is 0 Å². The molecule has 1 heterocycles. The van der Waals surface area contributed by atoms with E-state index in [0.717, 1.165) is 13.1 Å². The van der Waals surface area contributed by atoms with Gasteiger partial charge in [0.05, 0.1) is 0 Å². The molecule has 5 heteroatoms. The van der Waals surface area contributed by atoms with Crippen LogP contribution >= 0.6 is 0 Å². The topological polar surface area (TPSA) is 58.2 Å². The van der Waals surface area contributed by atoms with Gasteiger partial charge in [0.2, 0.25) is 5.91 Å². The lowest BCUT2D eigenvalue weighted by Gasteiger charge is -2.26. The zero-order valence-corrected chi connectivity index (χ0v) is 9.52. The summed E-state index contributed by atoms with van der Waals surface area (Å²) in [6.07, 6.45) is 2.25. The molecule has 14 heavy (non-hydrogen) atoms. The lowest BCUT2D eigenvalue weighted by molar-refractivity contribution is -0.122. The maximum atomic E-state index is 11.3. The summed E-state index contributed by atoms with van der Waals surface area (Å²) in [5.74, 6) is 0.575. The molecule has 1 fully saturated rings. The van der Waals surface area contributed by atoms with Gasteiger partial charge in [-0.05, 0) is 25.9 Å². The maximum Gasteiger partial charge on any atom is 0.220 e. The molecule has 82 valence electrons. The van der Waals surface area contributed by atoms with Gasteiger partial charge in [0.25, 0.3) is 0 Å². The molecule has 4 nitrogen and oxygen atoms in total. The van der Waals surface area contributed by atoms with Crippen LogP contribution in [0.4, 0.5) is 0 Å². The van der Waals surface area contributed by atoms with Crippen LogP contribution in [0.25, 0.3) is 0 Å². The van der Waals surface area contributed by atoms with Crippen LogP contribution in [0.5, 0.6) is 0 Å². The Bertz CT molecular complexity index is 229. The zero-order chi connectivity index (χ0) is 10.6. The average Bonchev–Trinajstić information content (AvgIpc) is 2.07. The molecule has 1 aliphatic rings. The smallest absolute Gasteiger partial charge is 0.220 e. The first kappa shape index (κ1) is 11.7. The number of hydrogen-bond donors (Lipinski definition) is 2. The number of carbonyl (C=O) groups excluding carboxylic acids is 1. The summed E-state index contributed by atoms with van der Waals surface area (Å²) in [7, 11) is -0.854. The van der Waals surface area contributed by atoms with Crippen LogP contribution in [-0.2, 0) is 15.6 Å². The molecule has 0 aliphatic carbocycles. The predicted octanol–water partition coefficient (Wildman–Crippen LogP) is -0.521. The highest BCUT2D eigenvalue weighted by molar-refractivity contribution is 7.84. The van der Waals surface area contributed by atoms with Crippen molar-refractivity contribution in [3.63, 3.8) is 0 Å². The van der Waals surface area contributed by atoms with Gasteiger partial charge in [0, 0.05) is 35.3 Å². The van der Waals surface area contributed by atoms with E-state index < -0.39 is 10.8 Å². The Hall–Kier alpha value is -0.420. The van der Waals surface area contributed by atoms with E-state index in [2.05, 4.69) is 10.6 Å². The van der Waals surface area contributed by atoms with Crippen molar-refractivity contribution >= 4 is 16.7 Å². The van der Waals surface area contributed by atoms with Gasteiger partial charge in [-0.2, -0.15) is 0 Å². The molecule has 0 aromatic carbocycles. The summed E-state index contributed by atoms with van der Waals surface area (Å²) in [5.41, 5.74) is 0. The van der Waals surface area contributed by atoms with Gasteiger partial charge in [-0.25, -0.2) is 0 Å². The van der Waals surface area contributed by atoms with Crippen molar-refractivity contribution in [1.29, 1.82) is 0 Å². The largest absolute Gasteiger partial charge is 0.355 e. The number of amides is 1. The molecule has 2 atom stereocenters. The van der Waals surface area contributed by atoms with Crippen LogP contribution in [0.2, 0.25) is 0 Å². The van der Waals surface area contributed by atoms with Gasteiger partial charge in [-0.3, -0.25) is 9.00 Å². The van der Waals surface area contributed by atoms with E-state index in [1.54, 1.807) is 6.26 Å². The van der Waals surface area contributed by atoms with Gasteiger partial charge in [0.15, 0.2) is 0 Å². The molecule has 1 rings (SSSR count). The minimum absolute atomic E-state index is 0.0402. The molecule has 0 radical (unpaired) electrons. The quantitative estimate of drug-likeness (QED) is 0.653. The highest BCUT2D eigenvalue weighted by Crippen LogP contribution is 2.07. The molecule has 2 unspecified atom stereocenters. The number of carbonyl (C=O) groups is 1. The Labute approximate surface area is 87.3 Å². The van der Waals surface area contributed by atoms with E-state index in [9.17, 15) is 9.00 Å².